The second-order valence-corrected chi connectivity index (χ2v) is 5.52. The molecule has 3 aliphatic heterocycles. The minimum atomic E-state index is 0.124. The molecule has 1 N–H and O–H groups in total. The van der Waals surface area contributed by atoms with Gasteiger partial charge in [-0.15, -0.1) is 0 Å². The number of nitrogens with one attached hydrogen (secondary N) is 1. The lowest BCUT2D eigenvalue weighted by Crippen LogP contribution is -2.44. The standard InChI is InChI=1S/C13H22N2O2/c1-2-12-10(4-6-17-12)13(16)15-5-3-9-7-14-8-11(9)15/h9-12,14H,2-8H2,1H3/t9-,10?,11+,12?/m0/s1. The van der Waals surface area contributed by atoms with Gasteiger partial charge < -0.3 is 15.0 Å². The summed E-state index contributed by atoms with van der Waals surface area (Å²) >= 11 is 0. The van der Waals surface area contributed by atoms with Gasteiger partial charge >= 0.3 is 0 Å². The molecule has 0 radical (unpaired) electrons. The first kappa shape index (κ1) is 11.5. The first-order chi connectivity index (χ1) is 8.31. The number of fused-ring (bicyclic) bond motifs is 1. The van der Waals surface area contributed by atoms with Crippen LogP contribution in [-0.2, 0) is 9.53 Å². The molecule has 3 saturated heterocycles. The van der Waals surface area contributed by atoms with Crippen LogP contribution >= 0.6 is 0 Å². The molecule has 0 saturated carbocycles. The van der Waals surface area contributed by atoms with Crippen LogP contribution < -0.4 is 5.32 Å². The fourth-order valence-electron chi connectivity index (χ4n) is 3.67. The van der Waals surface area contributed by atoms with Gasteiger partial charge in [-0.05, 0) is 25.2 Å². The lowest BCUT2D eigenvalue weighted by molar-refractivity contribution is -0.138. The molecule has 0 bridgehead atoms. The van der Waals surface area contributed by atoms with Crippen molar-refractivity contribution in [2.75, 3.05) is 26.2 Å². The monoisotopic (exact) mass is 238 g/mol. The second-order valence-electron chi connectivity index (χ2n) is 5.52. The molecule has 4 heteroatoms. The molecule has 3 heterocycles. The fourth-order valence-corrected chi connectivity index (χ4v) is 3.67. The molecule has 4 atom stereocenters. The normalized spacial score (nSPS) is 40.9. The Morgan fingerprint density at radius 3 is 3.12 bits per heavy atom. The molecule has 2 unspecified atom stereocenters. The Bertz CT molecular complexity index is 308. The molecule has 3 aliphatic rings. The molecule has 0 spiro atoms. The van der Waals surface area contributed by atoms with E-state index in [2.05, 4.69) is 17.1 Å². The summed E-state index contributed by atoms with van der Waals surface area (Å²) in [6, 6.07) is 0.459. The first-order valence-electron chi connectivity index (χ1n) is 6.94. The summed E-state index contributed by atoms with van der Waals surface area (Å²) in [5, 5.41) is 3.40. The molecule has 96 valence electrons. The van der Waals surface area contributed by atoms with Gasteiger partial charge in [-0.3, -0.25) is 4.79 Å². The van der Waals surface area contributed by atoms with Crippen molar-refractivity contribution in [1.82, 2.24) is 10.2 Å². The molecule has 1 amide bonds. The zero-order valence-corrected chi connectivity index (χ0v) is 10.5. The summed E-state index contributed by atoms with van der Waals surface area (Å²) in [7, 11) is 0. The third-order valence-corrected chi connectivity index (χ3v) is 4.66. The van der Waals surface area contributed by atoms with Crippen LogP contribution in [-0.4, -0.2) is 49.2 Å². The van der Waals surface area contributed by atoms with E-state index in [1.807, 2.05) is 0 Å². The summed E-state index contributed by atoms with van der Waals surface area (Å²) in [5.74, 6) is 1.17. The van der Waals surface area contributed by atoms with Crippen LogP contribution in [0.3, 0.4) is 0 Å². The van der Waals surface area contributed by atoms with Gasteiger partial charge in [-0.2, -0.15) is 0 Å². The Morgan fingerprint density at radius 2 is 2.29 bits per heavy atom. The van der Waals surface area contributed by atoms with E-state index in [4.69, 9.17) is 4.74 Å². The molecular weight excluding hydrogens is 216 g/mol. The maximum atomic E-state index is 12.6. The Hall–Kier alpha value is -0.610. The van der Waals surface area contributed by atoms with Gasteiger partial charge in [-0.25, -0.2) is 0 Å². The second kappa shape index (κ2) is 4.58. The number of hydrogen-bond acceptors (Lipinski definition) is 3. The number of carbonyl (C=O) groups excluding carboxylic acids is 1. The fraction of sp³-hybridized carbons (Fsp3) is 0.923. The van der Waals surface area contributed by atoms with Crippen LogP contribution in [0.5, 0.6) is 0 Å². The minimum absolute atomic E-state index is 0.124. The topological polar surface area (TPSA) is 41.6 Å². The van der Waals surface area contributed by atoms with Gasteiger partial charge in [0.15, 0.2) is 0 Å². The third-order valence-electron chi connectivity index (χ3n) is 4.66. The Labute approximate surface area is 103 Å². The average Bonchev–Trinajstić information content (AvgIpc) is 3.03. The SMILES string of the molecule is CCC1OCCC1C(=O)N1CC[C@H]2CNC[C@H]21. The van der Waals surface area contributed by atoms with Crippen LogP contribution in [0.25, 0.3) is 0 Å². The quantitative estimate of drug-likeness (QED) is 0.767. The highest BCUT2D eigenvalue weighted by Gasteiger charge is 2.44. The Balaban J connectivity index is 1.69. The summed E-state index contributed by atoms with van der Waals surface area (Å²) in [6.45, 7) is 5.91. The van der Waals surface area contributed by atoms with Crippen LogP contribution in [0, 0.1) is 11.8 Å². The highest BCUT2D eigenvalue weighted by molar-refractivity contribution is 5.80. The highest BCUT2D eigenvalue weighted by atomic mass is 16.5. The first-order valence-corrected chi connectivity index (χ1v) is 6.94. The van der Waals surface area contributed by atoms with Gasteiger partial charge in [0.25, 0.3) is 0 Å². The van der Waals surface area contributed by atoms with Crippen molar-refractivity contribution < 1.29 is 9.53 Å². The predicted octanol–water partition coefficient (Wildman–Crippen LogP) is 0.622. The van der Waals surface area contributed by atoms with Gasteiger partial charge in [-0.1, -0.05) is 6.92 Å². The van der Waals surface area contributed by atoms with E-state index in [0.717, 1.165) is 39.1 Å². The lowest BCUT2D eigenvalue weighted by atomic mass is 9.97. The number of likely N-dealkylation sites (tertiary alicyclic amines) is 1. The van der Waals surface area contributed by atoms with Crippen molar-refractivity contribution in [1.29, 1.82) is 0 Å². The van der Waals surface area contributed by atoms with Crippen molar-refractivity contribution in [3.63, 3.8) is 0 Å². The molecular formula is C13H22N2O2. The third kappa shape index (κ3) is 1.87. The molecule has 4 nitrogen and oxygen atoms in total. The van der Waals surface area contributed by atoms with Crippen LogP contribution in [0.15, 0.2) is 0 Å². The number of ether oxygens (including phenoxy) is 1. The van der Waals surface area contributed by atoms with Crippen LogP contribution in [0.4, 0.5) is 0 Å². The van der Waals surface area contributed by atoms with E-state index in [-0.39, 0.29) is 12.0 Å². The Morgan fingerprint density at radius 1 is 1.41 bits per heavy atom. The predicted molar refractivity (Wildman–Crippen MR) is 64.6 cm³/mol. The smallest absolute Gasteiger partial charge is 0.228 e. The molecule has 0 aromatic rings. The zero-order chi connectivity index (χ0) is 11.8. The molecule has 0 aromatic heterocycles. The average molecular weight is 238 g/mol. The van der Waals surface area contributed by atoms with E-state index in [1.165, 1.54) is 6.42 Å². The number of nitrogens with zero attached hydrogens (tertiary/aromatic N) is 1. The highest BCUT2D eigenvalue weighted by Crippen LogP contribution is 2.32. The maximum Gasteiger partial charge on any atom is 0.228 e. The lowest BCUT2D eigenvalue weighted by Gasteiger charge is -2.28. The number of amides is 1. The van der Waals surface area contributed by atoms with E-state index < -0.39 is 0 Å². The van der Waals surface area contributed by atoms with Crippen molar-refractivity contribution in [2.45, 2.75) is 38.3 Å². The van der Waals surface area contributed by atoms with Crippen LogP contribution in [0.1, 0.15) is 26.2 Å². The van der Waals surface area contributed by atoms with Crippen molar-refractivity contribution in [2.24, 2.45) is 11.8 Å². The summed E-state index contributed by atoms with van der Waals surface area (Å²) in [4.78, 5) is 14.7. The number of carbonyl (C=O) groups is 1. The number of hydrogen-bond donors (Lipinski definition) is 1. The molecule has 3 fully saturated rings. The molecule has 0 aliphatic carbocycles. The molecule has 3 rings (SSSR count). The van der Waals surface area contributed by atoms with Crippen molar-refractivity contribution in [3.8, 4) is 0 Å². The van der Waals surface area contributed by atoms with Gasteiger partial charge in [0.1, 0.15) is 0 Å². The van der Waals surface area contributed by atoms with E-state index in [9.17, 15) is 4.79 Å². The van der Waals surface area contributed by atoms with Gasteiger partial charge in [0.05, 0.1) is 12.0 Å². The van der Waals surface area contributed by atoms with E-state index in [0.29, 0.717) is 17.9 Å². The molecule has 17 heavy (non-hydrogen) atoms. The van der Waals surface area contributed by atoms with E-state index >= 15 is 0 Å². The largest absolute Gasteiger partial charge is 0.377 e. The zero-order valence-electron chi connectivity index (χ0n) is 10.5. The summed E-state index contributed by atoms with van der Waals surface area (Å²) in [5.41, 5.74) is 0. The minimum Gasteiger partial charge on any atom is -0.377 e. The van der Waals surface area contributed by atoms with Crippen LogP contribution in [0.2, 0.25) is 0 Å². The number of rotatable bonds is 2. The maximum absolute atomic E-state index is 12.6. The molecule has 0 aromatic carbocycles. The Kier molecular flexibility index (Phi) is 3.09. The van der Waals surface area contributed by atoms with E-state index in [1.54, 1.807) is 0 Å². The van der Waals surface area contributed by atoms with Crippen molar-refractivity contribution >= 4 is 5.91 Å². The summed E-state index contributed by atoms with van der Waals surface area (Å²) < 4.78 is 5.64. The summed E-state index contributed by atoms with van der Waals surface area (Å²) in [6.07, 6.45) is 3.21. The van der Waals surface area contributed by atoms with Gasteiger partial charge in [0, 0.05) is 32.3 Å². The van der Waals surface area contributed by atoms with Gasteiger partial charge in [0.2, 0.25) is 5.91 Å². The van der Waals surface area contributed by atoms with Crippen molar-refractivity contribution in [3.05, 3.63) is 0 Å².